The maximum absolute atomic E-state index is 12.5. The van der Waals surface area contributed by atoms with Crippen molar-refractivity contribution >= 4 is 17.4 Å². The van der Waals surface area contributed by atoms with Gasteiger partial charge in [-0.25, -0.2) is 14.5 Å². The van der Waals surface area contributed by atoms with Gasteiger partial charge >= 0.3 is 6.03 Å². The smallest absolute Gasteiger partial charge is 0.318 e. The maximum Gasteiger partial charge on any atom is 0.318 e. The number of rotatable bonds is 5. The summed E-state index contributed by atoms with van der Waals surface area (Å²) in [6.45, 7) is 4.01. The SMILES string of the molecule is CC(NC(=O)N(C)C(C)c1ccc(-n2cncn2)cc1)c1cccs1. The van der Waals surface area contributed by atoms with Crippen LogP contribution in [0.4, 0.5) is 4.79 Å². The number of amides is 2. The van der Waals surface area contributed by atoms with Crippen LogP contribution < -0.4 is 5.32 Å². The molecular weight excluding hydrogens is 334 g/mol. The zero-order valence-electron chi connectivity index (χ0n) is 14.5. The summed E-state index contributed by atoms with van der Waals surface area (Å²) in [5, 5.41) is 9.17. The van der Waals surface area contributed by atoms with Gasteiger partial charge in [0.1, 0.15) is 12.7 Å². The van der Waals surface area contributed by atoms with Crippen LogP contribution in [0.25, 0.3) is 5.69 Å². The van der Waals surface area contributed by atoms with Gasteiger partial charge in [-0.05, 0) is 43.0 Å². The molecule has 0 bridgehead atoms. The second-order valence-electron chi connectivity index (χ2n) is 5.91. The summed E-state index contributed by atoms with van der Waals surface area (Å²) < 4.78 is 1.70. The zero-order chi connectivity index (χ0) is 17.8. The fraction of sp³-hybridized carbons (Fsp3) is 0.278. The van der Waals surface area contributed by atoms with Crippen molar-refractivity contribution in [1.29, 1.82) is 0 Å². The van der Waals surface area contributed by atoms with E-state index in [4.69, 9.17) is 0 Å². The molecule has 25 heavy (non-hydrogen) atoms. The van der Waals surface area contributed by atoms with Gasteiger partial charge in [0.15, 0.2) is 0 Å². The number of carbonyl (C=O) groups is 1. The summed E-state index contributed by atoms with van der Waals surface area (Å²) in [4.78, 5) is 19.3. The summed E-state index contributed by atoms with van der Waals surface area (Å²) in [7, 11) is 1.81. The Balaban J connectivity index is 1.65. The topological polar surface area (TPSA) is 63.1 Å². The molecule has 2 heterocycles. The monoisotopic (exact) mass is 355 g/mol. The molecule has 7 heteroatoms. The van der Waals surface area contributed by atoms with Gasteiger partial charge in [0.25, 0.3) is 0 Å². The van der Waals surface area contributed by atoms with E-state index in [0.717, 1.165) is 16.1 Å². The van der Waals surface area contributed by atoms with Gasteiger partial charge in [0.2, 0.25) is 0 Å². The van der Waals surface area contributed by atoms with E-state index in [1.807, 2.05) is 62.7 Å². The van der Waals surface area contributed by atoms with Crippen molar-refractivity contribution < 1.29 is 4.79 Å². The average molecular weight is 355 g/mol. The summed E-state index contributed by atoms with van der Waals surface area (Å²) in [5.74, 6) is 0. The van der Waals surface area contributed by atoms with E-state index in [2.05, 4.69) is 15.4 Å². The van der Waals surface area contributed by atoms with Crippen LogP contribution in [0.3, 0.4) is 0 Å². The van der Waals surface area contributed by atoms with Crippen molar-refractivity contribution in [2.45, 2.75) is 25.9 Å². The predicted octanol–water partition coefficient (Wildman–Crippen LogP) is 3.79. The molecular formula is C18H21N5OS. The summed E-state index contributed by atoms with van der Waals surface area (Å²) in [5.41, 5.74) is 2.00. The molecule has 0 radical (unpaired) electrons. The van der Waals surface area contributed by atoms with Crippen LogP contribution in [0.2, 0.25) is 0 Å². The third kappa shape index (κ3) is 3.88. The molecule has 0 fully saturated rings. The first-order valence-electron chi connectivity index (χ1n) is 8.08. The van der Waals surface area contributed by atoms with Gasteiger partial charge in [0, 0.05) is 11.9 Å². The number of thiophene rings is 1. The minimum absolute atomic E-state index is 0.00292. The fourth-order valence-electron chi connectivity index (χ4n) is 2.54. The lowest BCUT2D eigenvalue weighted by atomic mass is 10.1. The Morgan fingerprint density at radius 1 is 1.24 bits per heavy atom. The quantitative estimate of drug-likeness (QED) is 0.757. The molecule has 2 atom stereocenters. The molecule has 0 aliphatic rings. The number of aromatic nitrogens is 3. The third-order valence-corrected chi connectivity index (χ3v) is 5.33. The molecule has 1 aromatic carbocycles. The fourth-order valence-corrected chi connectivity index (χ4v) is 3.28. The normalized spacial score (nSPS) is 13.2. The van der Waals surface area contributed by atoms with Crippen LogP contribution in [0.5, 0.6) is 0 Å². The summed E-state index contributed by atoms with van der Waals surface area (Å²) >= 11 is 1.64. The highest BCUT2D eigenvalue weighted by atomic mass is 32.1. The van der Waals surface area contributed by atoms with E-state index >= 15 is 0 Å². The highest BCUT2D eigenvalue weighted by molar-refractivity contribution is 7.10. The first-order valence-corrected chi connectivity index (χ1v) is 8.96. The van der Waals surface area contributed by atoms with Crippen LogP contribution in [-0.4, -0.2) is 32.7 Å². The molecule has 3 aromatic rings. The summed E-state index contributed by atoms with van der Waals surface area (Å²) in [6, 6.07) is 11.8. The molecule has 130 valence electrons. The largest absolute Gasteiger partial charge is 0.331 e. The lowest BCUT2D eigenvalue weighted by Crippen LogP contribution is -2.39. The lowest BCUT2D eigenvalue weighted by molar-refractivity contribution is 0.191. The molecule has 6 nitrogen and oxygen atoms in total. The predicted molar refractivity (Wildman–Crippen MR) is 98.8 cm³/mol. The molecule has 2 unspecified atom stereocenters. The zero-order valence-corrected chi connectivity index (χ0v) is 15.3. The van der Waals surface area contributed by atoms with Gasteiger partial charge in [0.05, 0.1) is 17.8 Å². The van der Waals surface area contributed by atoms with E-state index in [1.54, 1.807) is 27.2 Å². The van der Waals surface area contributed by atoms with Gasteiger partial charge < -0.3 is 10.2 Å². The van der Waals surface area contributed by atoms with E-state index in [-0.39, 0.29) is 18.1 Å². The highest BCUT2D eigenvalue weighted by Crippen LogP contribution is 2.22. The Kier molecular flexibility index (Phi) is 5.14. The van der Waals surface area contributed by atoms with Gasteiger partial charge in [-0.15, -0.1) is 11.3 Å². The molecule has 0 saturated carbocycles. The van der Waals surface area contributed by atoms with Crippen molar-refractivity contribution in [1.82, 2.24) is 25.0 Å². The standard InChI is InChI=1S/C18H21N5OS/c1-13(17-5-4-10-25-17)21-18(24)22(3)14(2)15-6-8-16(9-7-15)23-12-19-11-20-23/h4-14H,1-3H3,(H,21,24). The molecule has 0 aliphatic heterocycles. The van der Waals surface area contributed by atoms with Crippen molar-refractivity contribution in [2.24, 2.45) is 0 Å². The van der Waals surface area contributed by atoms with Gasteiger partial charge in [-0.2, -0.15) is 5.10 Å². The summed E-state index contributed by atoms with van der Waals surface area (Å²) in [6.07, 6.45) is 3.16. The van der Waals surface area contributed by atoms with Crippen LogP contribution in [-0.2, 0) is 0 Å². The maximum atomic E-state index is 12.5. The van der Waals surface area contributed by atoms with Crippen LogP contribution in [0.15, 0.2) is 54.4 Å². The van der Waals surface area contributed by atoms with Crippen LogP contribution in [0.1, 0.15) is 36.4 Å². The van der Waals surface area contributed by atoms with Crippen LogP contribution >= 0.6 is 11.3 Å². The Bertz CT molecular complexity index is 799. The second-order valence-corrected chi connectivity index (χ2v) is 6.88. The molecule has 1 N–H and O–H groups in total. The first-order chi connectivity index (χ1) is 12.1. The lowest BCUT2D eigenvalue weighted by Gasteiger charge is -2.27. The Labute approximate surface area is 151 Å². The average Bonchev–Trinajstić information content (AvgIpc) is 3.33. The Morgan fingerprint density at radius 3 is 2.60 bits per heavy atom. The Hall–Kier alpha value is -2.67. The number of hydrogen-bond acceptors (Lipinski definition) is 4. The first kappa shape index (κ1) is 17.2. The molecule has 2 amide bonds. The number of carbonyl (C=O) groups excluding carboxylic acids is 1. The van der Waals surface area contributed by atoms with E-state index in [1.165, 1.54) is 6.33 Å². The number of nitrogens with one attached hydrogen (secondary N) is 1. The minimum Gasteiger partial charge on any atom is -0.331 e. The third-order valence-electron chi connectivity index (χ3n) is 4.27. The van der Waals surface area contributed by atoms with Gasteiger partial charge in [-0.3, -0.25) is 0 Å². The van der Waals surface area contributed by atoms with Crippen LogP contribution in [0, 0.1) is 0 Å². The minimum atomic E-state index is -0.0891. The van der Waals surface area contributed by atoms with Gasteiger partial charge in [-0.1, -0.05) is 18.2 Å². The van der Waals surface area contributed by atoms with E-state index < -0.39 is 0 Å². The van der Waals surface area contributed by atoms with E-state index in [0.29, 0.717) is 0 Å². The van der Waals surface area contributed by atoms with Crippen molar-refractivity contribution in [3.05, 3.63) is 64.9 Å². The van der Waals surface area contributed by atoms with Crippen molar-refractivity contribution in [3.63, 3.8) is 0 Å². The molecule has 0 spiro atoms. The number of nitrogens with zero attached hydrogens (tertiary/aromatic N) is 4. The van der Waals surface area contributed by atoms with Crippen molar-refractivity contribution in [3.8, 4) is 5.69 Å². The molecule has 0 saturated heterocycles. The van der Waals surface area contributed by atoms with Crippen molar-refractivity contribution in [2.75, 3.05) is 7.05 Å². The Morgan fingerprint density at radius 2 is 2.00 bits per heavy atom. The van der Waals surface area contributed by atoms with E-state index in [9.17, 15) is 4.79 Å². The molecule has 2 aromatic heterocycles. The molecule has 0 aliphatic carbocycles. The number of urea groups is 1. The highest BCUT2D eigenvalue weighted by Gasteiger charge is 2.19. The number of hydrogen-bond donors (Lipinski definition) is 1. The second kappa shape index (κ2) is 7.48. The molecule has 3 rings (SSSR count). The number of benzene rings is 1.